The summed E-state index contributed by atoms with van der Waals surface area (Å²) in [5.41, 5.74) is 6.50. The number of ether oxygens (including phenoxy) is 1. The quantitative estimate of drug-likeness (QED) is 0.733. The van der Waals surface area contributed by atoms with Gasteiger partial charge in [-0.15, -0.1) is 10.2 Å². The van der Waals surface area contributed by atoms with Gasteiger partial charge in [-0.2, -0.15) is 9.61 Å². The van der Waals surface area contributed by atoms with Gasteiger partial charge in [0.15, 0.2) is 5.82 Å². The van der Waals surface area contributed by atoms with Gasteiger partial charge in [-0.3, -0.25) is 0 Å². The Morgan fingerprint density at radius 2 is 2.29 bits per heavy atom. The lowest BCUT2D eigenvalue weighted by Gasteiger charge is -2.02. The van der Waals surface area contributed by atoms with Crippen LogP contribution in [0.15, 0.2) is 18.2 Å². The lowest BCUT2D eigenvalue weighted by Crippen LogP contribution is -2.04. The van der Waals surface area contributed by atoms with Crippen LogP contribution < -0.4 is 5.73 Å². The first-order chi connectivity index (χ1) is 10.2. The molecule has 1 aliphatic rings. The van der Waals surface area contributed by atoms with Crippen molar-refractivity contribution >= 4 is 22.0 Å². The molecule has 0 radical (unpaired) electrons. The van der Waals surface area contributed by atoms with Crippen molar-refractivity contribution < 1.29 is 9.13 Å². The molecule has 0 aliphatic carbocycles. The third-order valence-corrected chi connectivity index (χ3v) is 4.50. The first-order valence-electron chi connectivity index (χ1n) is 6.57. The van der Waals surface area contributed by atoms with Gasteiger partial charge in [0, 0.05) is 18.1 Å². The van der Waals surface area contributed by atoms with Gasteiger partial charge in [-0.1, -0.05) is 11.3 Å². The van der Waals surface area contributed by atoms with Crippen LogP contribution in [0.3, 0.4) is 0 Å². The molecule has 21 heavy (non-hydrogen) atoms. The smallest absolute Gasteiger partial charge is 0.234 e. The minimum absolute atomic E-state index is 0.114. The fraction of sp³-hybridized carbons (Fsp3) is 0.308. The maximum atomic E-state index is 13.2. The zero-order valence-corrected chi connectivity index (χ0v) is 11.8. The lowest BCUT2D eigenvalue weighted by molar-refractivity contribution is 0.193. The third-order valence-electron chi connectivity index (χ3n) is 3.55. The summed E-state index contributed by atoms with van der Waals surface area (Å²) < 4.78 is 20.4. The van der Waals surface area contributed by atoms with Crippen LogP contribution in [0.4, 0.5) is 10.1 Å². The Hall–Kier alpha value is -2.06. The number of benzene rings is 1. The molecule has 2 N–H and O–H groups in total. The molecule has 2 aromatic heterocycles. The molecule has 6 nitrogen and oxygen atoms in total. The Bertz CT molecular complexity index is 808. The van der Waals surface area contributed by atoms with Crippen LogP contribution in [0.1, 0.15) is 18.2 Å². The van der Waals surface area contributed by atoms with Crippen molar-refractivity contribution in [3.05, 3.63) is 29.8 Å². The van der Waals surface area contributed by atoms with Gasteiger partial charge in [0.1, 0.15) is 10.8 Å². The van der Waals surface area contributed by atoms with E-state index in [2.05, 4.69) is 15.3 Å². The molecule has 3 aromatic rings. The van der Waals surface area contributed by atoms with Crippen LogP contribution in [0.2, 0.25) is 0 Å². The maximum absolute atomic E-state index is 13.2. The second kappa shape index (κ2) is 4.74. The molecule has 0 saturated carbocycles. The number of hydrogen-bond donors (Lipinski definition) is 1. The normalized spacial score (nSPS) is 18.6. The number of nitrogen functional groups attached to an aromatic ring is 1. The molecule has 108 valence electrons. The van der Waals surface area contributed by atoms with E-state index in [0.717, 1.165) is 34.4 Å². The number of halogens is 1. The van der Waals surface area contributed by atoms with Gasteiger partial charge >= 0.3 is 0 Å². The molecular formula is C13H12FN5OS. The Kier molecular flexibility index (Phi) is 2.86. The number of fused-ring (bicyclic) bond motifs is 1. The van der Waals surface area contributed by atoms with Crippen LogP contribution in [-0.4, -0.2) is 33.0 Å². The van der Waals surface area contributed by atoms with Crippen LogP contribution in [0, 0.1) is 5.82 Å². The largest absolute Gasteiger partial charge is 0.396 e. The predicted molar refractivity (Wildman–Crippen MR) is 76.6 cm³/mol. The van der Waals surface area contributed by atoms with E-state index in [4.69, 9.17) is 10.5 Å². The van der Waals surface area contributed by atoms with Crippen molar-refractivity contribution in [2.75, 3.05) is 18.9 Å². The summed E-state index contributed by atoms with van der Waals surface area (Å²) in [6.07, 6.45) is 0.928. The zero-order chi connectivity index (χ0) is 14.4. The highest BCUT2D eigenvalue weighted by molar-refractivity contribution is 7.19. The second-order valence-corrected chi connectivity index (χ2v) is 5.91. The van der Waals surface area contributed by atoms with Crippen LogP contribution >= 0.6 is 11.3 Å². The summed E-state index contributed by atoms with van der Waals surface area (Å²) in [7, 11) is 0. The minimum atomic E-state index is -0.425. The average molecular weight is 305 g/mol. The molecule has 0 amide bonds. The molecular weight excluding hydrogens is 293 g/mol. The van der Waals surface area contributed by atoms with E-state index in [1.807, 2.05) is 0 Å². The highest BCUT2D eigenvalue weighted by atomic mass is 32.1. The molecule has 1 aromatic carbocycles. The van der Waals surface area contributed by atoms with Crippen LogP contribution in [0.5, 0.6) is 0 Å². The summed E-state index contributed by atoms with van der Waals surface area (Å²) in [6, 6.07) is 4.59. The van der Waals surface area contributed by atoms with E-state index < -0.39 is 5.82 Å². The van der Waals surface area contributed by atoms with E-state index in [-0.39, 0.29) is 11.6 Å². The maximum Gasteiger partial charge on any atom is 0.234 e. The Morgan fingerprint density at radius 1 is 1.38 bits per heavy atom. The number of anilines is 1. The van der Waals surface area contributed by atoms with Crippen molar-refractivity contribution in [1.82, 2.24) is 19.8 Å². The van der Waals surface area contributed by atoms with Gasteiger partial charge < -0.3 is 10.5 Å². The highest BCUT2D eigenvalue weighted by Crippen LogP contribution is 2.30. The standard InChI is InChI=1S/C13H12FN5OS/c14-9-2-1-7(5-10(9)15)12-18-19-11(8-3-4-20-6-8)16-17-13(19)21-12/h1-2,5,8H,3-4,6,15H2. The van der Waals surface area contributed by atoms with Crippen molar-refractivity contribution in [3.8, 4) is 10.6 Å². The van der Waals surface area contributed by atoms with Gasteiger partial charge in [0.05, 0.1) is 12.3 Å². The van der Waals surface area contributed by atoms with Crippen molar-refractivity contribution in [1.29, 1.82) is 0 Å². The Morgan fingerprint density at radius 3 is 3.05 bits per heavy atom. The van der Waals surface area contributed by atoms with Crippen molar-refractivity contribution in [3.63, 3.8) is 0 Å². The highest BCUT2D eigenvalue weighted by Gasteiger charge is 2.25. The molecule has 1 atom stereocenters. The molecule has 1 saturated heterocycles. The monoisotopic (exact) mass is 305 g/mol. The topological polar surface area (TPSA) is 78.3 Å². The molecule has 8 heteroatoms. The SMILES string of the molecule is Nc1cc(-c2nn3c(C4CCOC4)nnc3s2)ccc1F. The second-order valence-electron chi connectivity index (χ2n) is 4.96. The molecule has 4 rings (SSSR count). The van der Waals surface area contributed by atoms with Crippen LogP contribution in [0.25, 0.3) is 15.5 Å². The summed E-state index contributed by atoms with van der Waals surface area (Å²) in [5, 5.41) is 13.6. The first kappa shape index (κ1) is 12.7. The third kappa shape index (κ3) is 2.07. The van der Waals surface area contributed by atoms with Gasteiger partial charge in [0.2, 0.25) is 4.96 Å². The summed E-state index contributed by atoms with van der Waals surface area (Å²) >= 11 is 1.40. The van der Waals surface area contributed by atoms with E-state index in [0.29, 0.717) is 6.61 Å². The van der Waals surface area contributed by atoms with Gasteiger partial charge in [0.25, 0.3) is 0 Å². The number of hydrogen-bond acceptors (Lipinski definition) is 6. The fourth-order valence-corrected chi connectivity index (χ4v) is 3.26. The molecule has 0 bridgehead atoms. The lowest BCUT2D eigenvalue weighted by atomic mass is 10.1. The molecule has 1 unspecified atom stereocenters. The van der Waals surface area contributed by atoms with E-state index in [9.17, 15) is 4.39 Å². The predicted octanol–water partition coefficient (Wildman–Crippen LogP) is 2.08. The number of nitrogens with two attached hydrogens (primary N) is 1. The van der Waals surface area contributed by atoms with Crippen LogP contribution in [-0.2, 0) is 4.74 Å². The fourth-order valence-electron chi connectivity index (χ4n) is 2.42. The summed E-state index contributed by atoms with van der Waals surface area (Å²) in [6.45, 7) is 1.39. The van der Waals surface area contributed by atoms with Gasteiger partial charge in [-0.25, -0.2) is 4.39 Å². The molecule has 1 aliphatic heterocycles. The number of aromatic nitrogens is 4. The number of rotatable bonds is 2. The van der Waals surface area contributed by atoms with E-state index in [1.54, 1.807) is 16.6 Å². The zero-order valence-electron chi connectivity index (χ0n) is 11.0. The molecule has 1 fully saturated rings. The van der Waals surface area contributed by atoms with Crippen molar-refractivity contribution in [2.45, 2.75) is 12.3 Å². The van der Waals surface area contributed by atoms with Crippen molar-refractivity contribution in [2.24, 2.45) is 0 Å². The summed E-state index contributed by atoms with van der Waals surface area (Å²) in [5.74, 6) is 0.624. The molecule has 0 spiro atoms. The Labute approximate surface area is 123 Å². The number of nitrogens with zero attached hydrogens (tertiary/aromatic N) is 4. The minimum Gasteiger partial charge on any atom is -0.396 e. The van der Waals surface area contributed by atoms with E-state index in [1.165, 1.54) is 17.4 Å². The Balaban J connectivity index is 1.78. The molecule has 3 heterocycles. The first-order valence-corrected chi connectivity index (χ1v) is 7.39. The van der Waals surface area contributed by atoms with E-state index >= 15 is 0 Å². The summed E-state index contributed by atoms with van der Waals surface area (Å²) in [4.78, 5) is 0.717. The van der Waals surface area contributed by atoms with Gasteiger partial charge in [-0.05, 0) is 24.6 Å². The average Bonchev–Trinajstić information content (AvgIpc) is 3.16.